The minimum atomic E-state index is -3.40. The predicted octanol–water partition coefficient (Wildman–Crippen LogP) is 3.71. The second-order valence-electron chi connectivity index (χ2n) is 8.12. The van der Waals surface area contributed by atoms with Crippen LogP contribution in [0.1, 0.15) is 62.5 Å². The molecule has 164 valence electrons. The Morgan fingerprint density at radius 1 is 1.10 bits per heavy atom. The summed E-state index contributed by atoms with van der Waals surface area (Å²) >= 11 is 0. The van der Waals surface area contributed by atoms with Gasteiger partial charge in [-0.25, -0.2) is 8.42 Å². The number of sulfonamides is 1. The molecule has 1 aromatic carbocycles. The fourth-order valence-corrected chi connectivity index (χ4v) is 4.78. The van der Waals surface area contributed by atoms with Crippen LogP contribution in [0.3, 0.4) is 0 Å². The Morgan fingerprint density at radius 2 is 1.76 bits per heavy atom. The van der Waals surface area contributed by atoms with Gasteiger partial charge in [0.1, 0.15) is 0 Å². The third-order valence-electron chi connectivity index (χ3n) is 5.21. The van der Waals surface area contributed by atoms with E-state index >= 15 is 0 Å². The summed E-state index contributed by atoms with van der Waals surface area (Å²) in [6.45, 7) is 5.46. The third kappa shape index (κ3) is 8.74. The van der Waals surface area contributed by atoms with Crippen molar-refractivity contribution in [2.45, 2.75) is 71.3 Å². The molecule has 0 heterocycles. The largest absolute Gasteiger partial charge is 0.378 e. The van der Waals surface area contributed by atoms with Crippen molar-refractivity contribution in [2.75, 3.05) is 30.3 Å². The first kappa shape index (κ1) is 23.7. The van der Waals surface area contributed by atoms with Crippen molar-refractivity contribution < 1.29 is 17.9 Å². The average Bonchev–Trinajstić information content (AvgIpc) is 2.64. The van der Waals surface area contributed by atoms with Crippen molar-refractivity contribution >= 4 is 21.6 Å². The van der Waals surface area contributed by atoms with Crippen LogP contribution in [0.25, 0.3) is 0 Å². The van der Waals surface area contributed by atoms with E-state index in [2.05, 4.69) is 5.32 Å². The first-order valence-corrected chi connectivity index (χ1v) is 12.5. The number of amides is 1. The highest BCUT2D eigenvalue weighted by Crippen LogP contribution is 2.22. The second kappa shape index (κ2) is 11.6. The van der Waals surface area contributed by atoms with Crippen LogP contribution in [0.4, 0.5) is 5.69 Å². The van der Waals surface area contributed by atoms with E-state index in [1.807, 2.05) is 32.0 Å². The topological polar surface area (TPSA) is 75.7 Å². The number of benzene rings is 1. The number of anilines is 1. The van der Waals surface area contributed by atoms with E-state index in [9.17, 15) is 13.2 Å². The van der Waals surface area contributed by atoms with E-state index in [1.54, 1.807) is 0 Å². The van der Waals surface area contributed by atoms with Gasteiger partial charge in [0.05, 0.1) is 18.0 Å². The van der Waals surface area contributed by atoms with Gasteiger partial charge in [-0.2, -0.15) is 0 Å². The Morgan fingerprint density at radius 3 is 2.38 bits per heavy atom. The summed E-state index contributed by atoms with van der Waals surface area (Å²) in [4.78, 5) is 12.1. The van der Waals surface area contributed by atoms with Gasteiger partial charge in [0, 0.05) is 26.1 Å². The Kier molecular flexibility index (Phi) is 9.43. The van der Waals surface area contributed by atoms with Crippen LogP contribution in [0, 0.1) is 13.8 Å². The van der Waals surface area contributed by atoms with Gasteiger partial charge < -0.3 is 10.1 Å². The van der Waals surface area contributed by atoms with Crippen LogP contribution in [-0.2, 0) is 19.6 Å². The van der Waals surface area contributed by atoms with E-state index < -0.39 is 10.0 Å². The molecule has 2 rings (SSSR count). The molecule has 0 aliphatic heterocycles. The zero-order chi connectivity index (χ0) is 21.3. The van der Waals surface area contributed by atoms with E-state index in [0.717, 1.165) is 30.4 Å². The van der Waals surface area contributed by atoms with E-state index in [-0.39, 0.29) is 5.91 Å². The first-order chi connectivity index (χ1) is 13.8. The molecule has 0 unspecified atom stereocenters. The number of rotatable bonds is 11. The second-order valence-corrected chi connectivity index (χ2v) is 10.0. The van der Waals surface area contributed by atoms with Crippen LogP contribution >= 0.6 is 0 Å². The van der Waals surface area contributed by atoms with Gasteiger partial charge in [-0.05, 0) is 62.8 Å². The van der Waals surface area contributed by atoms with Crippen molar-refractivity contribution in [3.05, 3.63) is 29.3 Å². The Bertz CT molecular complexity index is 738. The number of carbonyl (C=O) groups is 1. The van der Waals surface area contributed by atoms with Crippen molar-refractivity contribution in [2.24, 2.45) is 0 Å². The van der Waals surface area contributed by atoms with Crippen LogP contribution in [0.2, 0.25) is 0 Å². The highest BCUT2D eigenvalue weighted by molar-refractivity contribution is 7.92. The SMILES string of the molecule is Cc1cc(C)cc(N(CCCC(=O)NCCCOC2CCCCC2)S(C)(=O)=O)c1. The van der Waals surface area contributed by atoms with Crippen molar-refractivity contribution in [3.63, 3.8) is 0 Å². The summed E-state index contributed by atoms with van der Waals surface area (Å²) in [7, 11) is -3.40. The molecule has 0 spiro atoms. The van der Waals surface area contributed by atoms with Crippen LogP contribution in [-0.4, -0.2) is 46.4 Å². The Balaban J connectivity index is 1.69. The van der Waals surface area contributed by atoms with Crippen molar-refractivity contribution in [1.29, 1.82) is 0 Å². The third-order valence-corrected chi connectivity index (χ3v) is 6.40. The van der Waals surface area contributed by atoms with Crippen LogP contribution in [0.15, 0.2) is 18.2 Å². The number of nitrogens with zero attached hydrogens (tertiary/aromatic N) is 1. The highest BCUT2D eigenvalue weighted by Gasteiger charge is 2.18. The molecule has 0 bridgehead atoms. The fraction of sp³-hybridized carbons (Fsp3) is 0.682. The van der Waals surface area contributed by atoms with E-state index in [0.29, 0.717) is 44.3 Å². The molecule has 6 nitrogen and oxygen atoms in total. The summed E-state index contributed by atoms with van der Waals surface area (Å²) in [6.07, 6.45) is 9.33. The highest BCUT2D eigenvalue weighted by atomic mass is 32.2. The Hall–Kier alpha value is -1.60. The molecule has 29 heavy (non-hydrogen) atoms. The normalized spacial score (nSPS) is 15.3. The summed E-state index contributed by atoms with van der Waals surface area (Å²) < 4.78 is 31.7. The lowest BCUT2D eigenvalue weighted by Crippen LogP contribution is -2.32. The summed E-state index contributed by atoms with van der Waals surface area (Å²) in [5, 5.41) is 2.90. The number of carbonyl (C=O) groups excluding carboxylic acids is 1. The molecule has 0 atom stereocenters. The maximum absolute atomic E-state index is 12.2. The molecule has 1 N–H and O–H groups in total. The fourth-order valence-electron chi connectivity index (χ4n) is 3.83. The maximum atomic E-state index is 12.2. The van der Waals surface area contributed by atoms with Crippen molar-refractivity contribution in [1.82, 2.24) is 5.32 Å². The lowest BCUT2D eigenvalue weighted by atomic mass is 9.98. The van der Waals surface area contributed by atoms with Gasteiger partial charge in [-0.1, -0.05) is 25.3 Å². The summed E-state index contributed by atoms with van der Waals surface area (Å²) in [5.74, 6) is -0.0449. The van der Waals surface area contributed by atoms with Gasteiger partial charge in [-0.15, -0.1) is 0 Å². The first-order valence-electron chi connectivity index (χ1n) is 10.7. The van der Waals surface area contributed by atoms with Gasteiger partial charge in [-0.3, -0.25) is 9.10 Å². The zero-order valence-electron chi connectivity index (χ0n) is 18.1. The summed E-state index contributed by atoms with van der Waals surface area (Å²) in [6, 6.07) is 5.73. The van der Waals surface area contributed by atoms with Gasteiger partial charge in [0.15, 0.2) is 0 Å². The predicted molar refractivity (Wildman–Crippen MR) is 118 cm³/mol. The monoisotopic (exact) mass is 424 g/mol. The van der Waals surface area contributed by atoms with Gasteiger partial charge in [0.2, 0.25) is 15.9 Å². The summed E-state index contributed by atoms with van der Waals surface area (Å²) in [5.41, 5.74) is 2.69. The molecular formula is C22H36N2O4S. The van der Waals surface area contributed by atoms with Crippen LogP contribution in [0.5, 0.6) is 0 Å². The molecule has 1 aliphatic carbocycles. The lowest BCUT2D eigenvalue weighted by molar-refractivity contribution is -0.121. The molecule has 7 heteroatoms. The number of nitrogens with one attached hydrogen (secondary N) is 1. The molecule has 1 amide bonds. The Labute approximate surface area is 176 Å². The van der Waals surface area contributed by atoms with E-state index in [4.69, 9.17) is 4.74 Å². The lowest BCUT2D eigenvalue weighted by Gasteiger charge is -2.23. The van der Waals surface area contributed by atoms with Crippen molar-refractivity contribution in [3.8, 4) is 0 Å². The molecule has 0 aromatic heterocycles. The maximum Gasteiger partial charge on any atom is 0.232 e. The minimum Gasteiger partial charge on any atom is -0.378 e. The molecular weight excluding hydrogens is 388 g/mol. The number of ether oxygens (including phenoxy) is 1. The molecule has 1 aromatic rings. The number of hydrogen-bond acceptors (Lipinski definition) is 4. The molecule has 0 radical (unpaired) electrons. The zero-order valence-corrected chi connectivity index (χ0v) is 18.9. The number of hydrogen-bond donors (Lipinski definition) is 1. The molecule has 0 saturated heterocycles. The molecule has 1 fully saturated rings. The smallest absolute Gasteiger partial charge is 0.232 e. The van der Waals surface area contributed by atoms with E-state index in [1.165, 1.54) is 29.8 Å². The van der Waals surface area contributed by atoms with Gasteiger partial charge >= 0.3 is 0 Å². The number of aryl methyl sites for hydroxylation is 2. The standard InChI is InChI=1S/C22H36N2O4S/c1-18-15-19(2)17-20(16-18)24(29(3,26)27)13-7-11-22(25)23-12-8-14-28-21-9-5-4-6-10-21/h15-17,21H,4-14H2,1-3H3,(H,23,25). The van der Waals surface area contributed by atoms with Gasteiger partial charge in [0.25, 0.3) is 0 Å². The average molecular weight is 425 g/mol. The minimum absolute atomic E-state index is 0.0449. The quantitative estimate of drug-likeness (QED) is 0.550. The van der Waals surface area contributed by atoms with Crippen LogP contribution < -0.4 is 9.62 Å². The molecule has 1 saturated carbocycles. The molecule has 1 aliphatic rings.